The first-order valence-electron chi connectivity index (χ1n) is 12.8. The lowest BCUT2D eigenvalue weighted by Gasteiger charge is -2.21. The Morgan fingerprint density at radius 3 is 1.33 bits per heavy atom. The van der Waals surface area contributed by atoms with Crippen LogP contribution in [0.15, 0.2) is 68.7 Å². The number of nitrogens with zero attached hydrogens (tertiary/aromatic N) is 4. The van der Waals surface area contributed by atoms with E-state index in [1.807, 2.05) is 12.4 Å². The maximum absolute atomic E-state index is 4.64. The van der Waals surface area contributed by atoms with Crippen molar-refractivity contribution in [3.05, 3.63) is 59.7 Å². The van der Waals surface area contributed by atoms with Gasteiger partial charge in [-0.2, -0.15) is 10.2 Å². The van der Waals surface area contributed by atoms with Gasteiger partial charge in [-0.3, -0.25) is 9.98 Å². The van der Waals surface area contributed by atoms with Gasteiger partial charge in [-0.25, -0.2) is 10.9 Å². The summed E-state index contributed by atoms with van der Waals surface area (Å²) in [6.07, 6.45) is 8.90. The molecule has 2 aliphatic heterocycles. The molecular weight excluding hydrogens is 448 g/mol. The maximum atomic E-state index is 4.64. The van der Waals surface area contributed by atoms with E-state index >= 15 is 0 Å². The highest BCUT2D eigenvalue weighted by Crippen LogP contribution is 2.46. The number of fused-ring (bicyclic) bond motifs is 2. The highest BCUT2D eigenvalue weighted by atomic mass is 15.4. The highest BCUT2D eigenvalue weighted by molar-refractivity contribution is 6.21. The number of hydrazone groups is 2. The second-order valence-corrected chi connectivity index (χ2v) is 10.7. The smallest absolute Gasteiger partial charge is 0.212 e. The monoisotopic (exact) mass is 478 g/mol. The fourth-order valence-electron chi connectivity index (χ4n) is 5.22. The predicted octanol–water partition coefficient (Wildman–Crippen LogP) is 3.32. The Morgan fingerprint density at radius 1 is 0.639 bits per heavy atom. The van der Waals surface area contributed by atoms with Gasteiger partial charge < -0.3 is 10.6 Å². The van der Waals surface area contributed by atoms with Crippen LogP contribution in [0.5, 0.6) is 0 Å². The molecule has 0 bridgehead atoms. The van der Waals surface area contributed by atoms with E-state index in [0.717, 1.165) is 70.8 Å². The third kappa shape index (κ3) is 3.96. The summed E-state index contributed by atoms with van der Waals surface area (Å²) in [7, 11) is 0. The lowest BCUT2D eigenvalue weighted by atomic mass is 9.92. The fraction of sp³-hybridized carbons (Fsp3) is 0.357. The van der Waals surface area contributed by atoms with Crippen LogP contribution in [-0.4, -0.2) is 50.5 Å². The summed E-state index contributed by atoms with van der Waals surface area (Å²) in [6.45, 7) is 3.72. The molecule has 2 aliphatic carbocycles. The predicted molar refractivity (Wildman–Crippen MR) is 147 cm³/mol. The Bertz CT molecular complexity index is 1290. The number of hydrogen-bond acceptors (Lipinski definition) is 8. The van der Waals surface area contributed by atoms with Gasteiger partial charge in [0.1, 0.15) is 0 Å². The summed E-state index contributed by atoms with van der Waals surface area (Å²) >= 11 is 0. The topological polar surface area (TPSA) is 97.6 Å². The molecule has 0 unspecified atom stereocenters. The zero-order valence-corrected chi connectivity index (χ0v) is 20.2. The second-order valence-electron chi connectivity index (χ2n) is 10.7. The molecule has 4 N–H and O–H groups in total. The minimum absolute atomic E-state index is 0.409. The Kier molecular flexibility index (Phi) is 4.94. The van der Waals surface area contributed by atoms with E-state index < -0.39 is 0 Å². The molecule has 0 saturated heterocycles. The van der Waals surface area contributed by atoms with Crippen molar-refractivity contribution < 1.29 is 0 Å². The van der Waals surface area contributed by atoms with Crippen LogP contribution in [0.25, 0.3) is 21.5 Å². The van der Waals surface area contributed by atoms with Crippen LogP contribution >= 0.6 is 0 Å². The van der Waals surface area contributed by atoms with Crippen LogP contribution in [0.3, 0.4) is 0 Å². The second kappa shape index (κ2) is 8.33. The lowest BCUT2D eigenvalue weighted by molar-refractivity contribution is 0.483. The van der Waals surface area contributed by atoms with Crippen molar-refractivity contribution in [3.8, 4) is 0 Å². The molecule has 8 nitrogen and oxygen atoms in total. The van der Waals surface area contributed by atoms with Crippen LogP contribution in [-0.2, 0) is 0 Å². The number of guanidine groups is 2. The van der Waals surface area contributed by atoms with Gasteiger partial charge in [-0.15, -0.1) is 0 Å². The minimum Gasteiger partial charge on any atom is -0.354 e. The van der Waals surface area contributed by atoms with Crippen molar-refractivity contribution in [2.24, 2.45) is 31.0 Å². The van der Waals surface area contributed by atoms with Crippen molar-refractivity contribution in [1.82, 2.24) is 21.5 Å². The molecule has 2 heterocycles. The molecule has 2 spiro atoms. The van der Waals surface area contributed by atoms with E-state index in [4.69, 9.17) is 0 Å². The first-order chi connectivity index (χ1) is 17.7. The molecule has 3 aromatic rings. The summed E-state index contributed by atoms with van der Waals surface area (Å²) in [4.78, 5) is 9.28. The van der Waals surface area contributed by atoms with E-state index in [1.165, 1.54) is 25.7 Å². The van der Waals surface area contributed by atoms with Crippen LogP contribution in [0.4, 0.5) is 0 Å². The summed E-state index contributed by atoms with van der Waals surface area (Å²) in [5.41, 5.74) is 9.19. The number of nitrogens with one attached hydrogen (secondary N) is 4. The van der Waals surface area contributed by atoms with Gasteiger partial charge in [0.2, 0.25) is 11.9 Å². The standard InChI is InChI=1S/C28H30N8/c1-2-6-20-19(5-1)23(13-33-35-25-29-15-27(9-10-27)16-30-25)21-7-3-4-8-22(21)24(20)14-34-36-26-31-17-28(11-12-28)18-32-26/h1-8,13-14H,9-12,15-18H2,(H2,29,30,35)(H2,31,32,36)/b33-13+,34-14+. The molecule has 0 amide bonds. The van der Waals surface area contributed by atoms with Gasteiger partial charge in [-0.1, -0.05) is 48.5 Å². The van der Waals surface area contributed by atoms with Gasteiger partial charge in [0.05, 0.1) is 25.5 Å². The third-order valence-electron chi connectivity index (χ3n) is 8.06. The van der Waals surface area contributed by atoms with Crippen LogP contribution in [0, 0.1) is 10.8 Å². The van der Waals surface area contributed by atoms with E-state index in [9.17, 15) is 0 Å². The molecule has 0 atom stereocenters. The van der Waals surface area contributed by atoms with E-state index in [-0.39, 0.29) is 0 Å². The molecule has 0 radical (unpaired) electrons. The molecule has 3 aromatic carbocycles. The van der Waals surface area contributed by atoms with Crippen molar-refractivity contribution >= 4 is 45.9 Å². The van der Waals surface area contributed by atoms with E-state index in [2.05, 4.69) is 90.2 Å². The van der Waals surface area contributed by atoms with E-state index in [0.29, 0.717) is 10.8 Å². The zero-order chi connectivity index (χ0) is 24.0. The Morgan fingerprint density at radius 2 is 1.03 bits per heavy atom. The lowest BCUT2D eigenvalue weighted by Crippen LogP contribution is -2.43. The summed E-state index contributed by atoms with van der Waals surface area (Å²) in [6, 6.07) is 16.8. The number of benzene rings is 3. The number of rotatable bonds is 4. The first kappa shape index (κ1) is 21.4. The van der Waals surface area contributed by atoms with Gasteiger partial charge in [0.15, 0.2) is 0 Å². The van der Waals surface area contributed by atoms with E-state index in [1.54, 1.807) is 0 Å². The van der Waals surface area contributed by atoms with Crippen molar-refractivity contribution in [2.45, 2.75) is 25.7 Å². The number of hydrogen-bond donors (Lipinski definition) is 4. The third-order valence-corrected chi connectivity index (χ3v) is 8.06. The molecule has 8 heteroatoms. The molecule has 36 heavy (non-hydrogen) atoms. The van der Waals surface area contributed by atoms with Crippen molar-refractivity contribution in [2.75, 3.05) is 26.2 Å². The van der Waals surface area contributed by atoms with Crippen LogP contribution in [0.1, 0.15) is 36.8 Å². The Labute approximate surface area is 210 Å². The average molecular weight is 479 g/mol. The summed E-state index contributed by atoms with van der Waals surface area (Å²) in [5.74, 6) is 1.50. The van der Waals surface area contributed by atoms with Crippen LogP contribution < -0.4 is 21.5 Å². The minimum atomic E-state index is 0.409. The summed E-state index contributed by atoms with van der Waals surface area (Å²) in [5, 5.41) is 20.4. The highest BCUT2D eigenvalue weighted by Gasteiger charge is 2.44. The summed E-state index contributed by atoms with van der Waals surface area (Å²) < 4.78 is 0. The van der Waals surface area contributed by atoms with Crippen molar-refractivity contribution in [3.63, 3.8) is 0 Å². The van der Waals surface area contributed by atoms with Crippen LogP contribution in [0.2, 0.25) is 0 Å². The van der Waals surface area contributed by atoms with Gasteiger partial charge >= 0.3 is 0 Å². The quantitative estimate of drug-likeness (QED) is 0.263. The van der Waals surface area contributed by atoms with Gasteiger partial charge in [-0.05, 0) is 47.2 Å². The Balaban J connectivity index is 1.19. The molecule has 7 rings (SSSR count). The average Bonchev–Trinajstić information content (AvgIpc) is 3.86. The number of aliphatic imine (C=N–C) groups is 2. The first-order valence-corrected chi connectivity index (χ1v) is 12.8. The molecule has 2 fully saturated rings. The molecule has 182 valence electrons. The maximum Gasteiger partial charge on any atom is 0.212 e. The normalized spacial score (nSPS) is 21.4. The molecule has 2 saturated carbocycles. The van der Waals surface area contributed by atoms with Gasteiger partial charge in [0, 0.05) is 35.0 Å². The zero-order valence-electron chi connectivity index (χ0n) is 20.2. The largest absolute Gasteiger partial charge is 0.354 e. The van der Waals surface area contributed by atoms with Crippen molar-refractivity contribution in [1.29, 1.82) is 0 Å². The molecule has 0 aromatic heterocycles. The SMILES string of the molecule is C(=N\NC1=NCC2(CC2)CN1)/c1c2ccccc2c(/C=N/NC2=NCC3(CC3)CN2)c2ccccc12. The molecule has 4 aliphatic rings. The molecular formula is C28H30N8. The van der Waals surface area contributed by atoms with Gasteiger partial charge in [0.25, 0.3) is 0 Å². The Hall–Kier alpha value is -3.94. The fourth-order valence-corrected chi connectivity index (χ4v) is 5.22.